The molecular formula is C13H16ClFN4OS. The molecule has 0 bridgehead atoms. The molecule has 0 aliphatic carbocycles. The highest BCUT2D eigenvalue weighted by molar-refractivity contribution is 7.71. The maximum Gasteiger partial charge on any atom is 0.198 e. The van der Waals surface area contributed by atoms with Crippen molar-refractivity contribution < 1.29 is 9.50 Å². The van der Waals surface area contributed by atoms with Gasteiger partial charge >= 0.3 is 0 Å². The molecule has 1 heterocycles. The van der Waals surface area contributed by atoms with Gasteiger partial charge in [-0.15, -0.1) is 0 Å². The van der Waals surface area contributed by atoms with E-state index in [0.717, 1.165) is 5.56 Å². The Bertz CT molecular complexity index is 700. The Hall–Kier alpha value is -1.28. The van der Waals surface area contributed by atoms with Crippen molar-refractivity contribution in [3.63, 3.8) is 0 Å². The van der Waals surface area contributed by atoms with Gasteiger partial charge in [-0.1, -0.05) is 17.7 Å². The van der Waals surface area contributed by atoms with Gasteiger partial charge < -0.3 is 9.67 Å². The number of rotatable bonds is 5. The molecule has 2 rings (SSSR count). The molecule has 0 atom stereocenters. The number of aromatic nitrogens is 3. The summed E-state index contributed by atoms with van der Waals surface area (Å²) in [6.45, 7) is 0.812. The minimum absolute atomic E-state index is 0.166. The fourth-order valence-corrected chi connectivity index (χ4v) is 2.41. The molecule has 2 aromatic rings. The Morgan fingerprint density at radius 2 is 2.19 bits per heavy atom. The zero-order chi connectivity index (χ0) is 15.6. The van der Waals surface area contributed by atoms with Gasteiger partial charge in [0.25, 0.3) is 0 Å². The topological polar surface area (TPSA) is 46.2 Å². The fraction of sp³-hybridized carbons (Fsp3) is 0.385. The van der Waals surface area contributed by atoms with Crippen LogP contribution in [0, 0.1) is 10.6 Å². The molecule has 0 aliphatic heterocycles. The maximum atomic E-state index is 13.0. The van der Waals surface area contributed by atoms with Crippen LogP contribution >= 0.6 is 23.8 Å². The van der Waals surface area contributed by atoms with E-state index in [1.165, 1.54) is 12.1 Å². The molecule has 0 saturated carbocycles. The van der Waals surface area contributed by atoms with Gasteiger partial charge in [-0.25, -0.2) is 9.07 Å². The van der Waals surface area contributed by atoms with Crippen molar-refractivity contribution in [1.29, 1.82) is 0 Å². The second-order valence-corrected chi connectivity index (χ2v) is 5.58. The molecule has 0 aliphatic rings. The van der Waals surface area contributed by atoms with Crippen molar-refractivity contribution in [2.75, 3.05) is 7.05 Å². The van der Waals surface area contributed by atoms with E-state index in [0.29, 0.717) is 28.8 Å². The normalized spacial score (nSPS) is 11.3. The van der Waals surface area contributed by atoms with Crippen molar-refractivity contribution in [3.05, 3.63) is 45.2 Å². The third-order valence-electron chi connectivity index (χ3n) is 3.10. The monoisotopic (exact) mass is 330 g/mol. The summed E-state index contributed by atoms with van der Waals surface area (Å²) in [7, 11) is 3.64. The molecule has 5 nitrogen and oxygen atoms in total. The second-order valence-electron chi connectivity index (χ2n) is 4.81. The lowest BCUT2D eigenvalue weighted by Gasteiger charge is -2.17. The molecule has 1 aromatic carbocycles. The molecular weight excluding hydrogens is 315 g/mol. The Balaban J connectivity index is 2.11. The minimum atomic E-state index is -0.356. The van der Waals surface area contributed by atoms with Crippen LogP contribution in [0.25, 0.3) is 0 Å². The quantitative estimate of drug-likeness (QED) is 0.855. The summed E-state index contributed by atoms with van der Waals surface area (Å²) in [6, 6.07) is 4.33. The SMILES string of the molecule is CN(Cc1ccc(F)cc1Cl)Cn1nc(CO)n(C)c1=S. The van der Waals surface area contributed by atoms with Crippen molar-refractivity contribution in [2.45, 2.75) is 19.8 Å². The van der Waals surface area contributed by atoms with Gasteiger partial charge in [0.05, 0.1) is 6.67 Å². The van der Waals surface area contributed by atoms with Crippen LogP contribution in [0.15, 0.2) is 18.2 Å². The molecule has 21 heavy (non-hydrogen) atoms. The van der Waals surface area contributed by atoms with Crippen LogP contribution in [0.3, 0.4) is 0 Å². The molecule has 114 valence electrons. The first-order valence-electron chi connectivity index (χ1n) is 6.28. The second kappa shape index (κ2) is 6.65. The maximum absolute atomic E-state index is 13.0. The third kappa shape index (κ3) is 3.68. The molecule has 0 fully saturated rings. The average Bonchev–Trinajstić information content (AvgIpc) is 2.70. The van der Waals surface area contributed by atoms with Gasteiger partial charge in [0.15, 0.2) is 10.6 Å². The molecule has 0 radical (unpaired) electrons. The lowest BCUT2D eigenvalue weighted by molar-refractivity contribution is 0.238. The van der Waals surface area contributed by atoms with Gasteiger partial charge in [-0.3, -0.25) is 4.90 Å². The molecule has 0 amide bonds. The molecule has 0 unspecified atom stereocenters. The largest absolute Gasteiger partial charge is 0.388 e. The van der Waals surface area contributed by atoms with Gasteiger partial charge in [0, 0.05) is 18.6 Å². The Morgan fingerprint density at radius 3 is 2.76 bits per heavy atom. The molecule has 1 N–H and O–H groups in total. The van der Waals surface area contributed by atoms with Gasteiger partial charge in [0.2, 0.25) is 0 Å². The summed E-state index contributed by atoms with van der Waals surface area (Å²) in [5.74, 6) is 0.152. The van der Waals surface area contributed by atoms with Crippen molar-refractivity contribution >= 4 is 23.8 Å². The molecule has 0 saturated heterocycles. The van der Waals surface area contributed by atoms with E-state index in [-0.39, 0.29) is 12.4 Å². The first kappa shape index (κ1) is 16.1. The van der Waals surface area contributed by atoms with E-state index in [2.05, 4.69) is 5.10 Å². The van der Waals surface area contributed by atoms with Crippen molar-refractivity contribution in [1.82, 2.24) is 19.2 Å². The highest BCUT2D eigenvalue weighted by Crippen LogP contribution is 2.18. The molecule has 1 aromatic heterocycles. The van der Waals surface area contributed by atoms with Crippen molar-refractivity contribution in [2.24, 2.45) is 7.05 Å². The minimum Gasteiger partial charge on any atom is -0.388 e. The Kier molecular flexibility index (Phi) is 5.10. The number of benzene rings is 1. The van der Waals surface area contributed by atoms with Gasteiger partial charge in [-0.05, 0) is 37.0 Å². The standard InChI is InChI=1S/C13H16ClFN4OS/c1-17(6-9-3-4-10(15)5-11(9)14)8-19-13(21)18(2)12(7-20)16-19/h3-5,20H,6-8H2,1-2H3. The van der Waals surface area contributed by atoms with E-state index in [4.69, 9.17) is 23.8 Å². The van der Waals surface area contributed by atoms with Crippen LogP contribution in [0.2, 0.25) is 5.02 Å². The van der Waals surface area contributed by atoms with Crippen LogP contribution in [0.5, 0.6) is 0 Å². The van der Waals surface area contributed by atoms with Crippen LogP contribution in [-0.2, 0) is 26.9 Å². The lowest BCUT2D eigenvalue weighted by Crippen LogP contribution is -2.22. The number of aliphatic hydroxyl groups is 1. The highest BCUT2D eigenvalue weighted by atomic mass is 35.5. The van der Waals surface area contributed by atoms with Gasteiger partial charge in [-0.2, -0.15) is 5.10 Å². The predicted octanol–water partition coefficient (Wildman–Crippen LogP) is 2.33. The summed E-state index contributed by atoms with van der Waals surface area (Å²) in [5, 5.41) is 13.8. The summed E-state index contributed by atoms with van der Waals surface area (Å²) in [4.78, 5) is 1.95. The zero-order valence-corrected chi connectivity index (χ0v) is 13.3. The first-order valence-corrected chi connectivity index (χ1v) is 7.07. The average molecular weight is 331 g/mol. The Morgan fingerprint density at radius 1 is 1.48 bits per heavy atom. The van der Waals surface area contributed by atoms with Crippen LogP contribution in [-0.4, -0.2) is 31.4 Å². The smallest absolute Gasteiger partial charge is 0.198 e. The lowest BCUT2D eigenvalue weighted by atomic mass is 10.2. The number of hydrogen-bond acceptors (Lipinski definition) is 4. The van der Waals surface area contributed by atoms with E-state index in [1.54, 1.807) is 22.4 Å². The van der Waals surface area contributed by atoms with E-state index in [1.807, 2.05) is 11.9 Å². The van der Waals surface area contributed by atoms with Crippen LogP contribution < -0.4 is 0 Å². The Labute approximate surface area is 132 Å². The zero-order valence-electron chi connectivity index (χ0n) is 11.8. The third-order valence-corrected chi connectivity index (χ3v) is 3.94. The summed E-state index contributed by atoms with van der Waals surface area (Å²) in [5.41, 5.74) is 0.824. The summed E-state index contributed by atoms with van der Waals surface area (Å²) >= 11 is 11.3. The fourth-order valence-electron chi connectivity index (χ4n) is 1.98. The number of nitrogens with zero attached hydrogens (tertiary/aromatic N) is 4. The first-order chi connectivity index (χ1) is 9.92. The van der Waals surface area contributed by atoms with E-state index >= 15 is 0 Å². The van der Waals surface area contributed by atoms with Crippen LogP contribution in [0.4, 0.5) is 4.39 Å². The van der Waals surface area contributed by atoms with Crippen molar-refractivity contribution in [3.8, 4) is 0 Å². The molecule has 0 spiro atoms. The molecule has 8 heteroatoms. The van der Waals surface area contributed by atoms with Crippen LogP contribution in [0.1, 0.15) is 11.4 Å². The highest BCUT2D eigenvalue weighted by Gasteiger charge is 2.10. The van der Waals surface area contributed by atoms with Gasteiger partial charge in [0.1, 0.15) is 12.4 Å². The number of aliphatic hydroxyl groups excluding tert-OH is 1. The summed E-state index contributed by atoms with van der Waals surface area (Å²) in [6.07, 6.45) is 0. The summed E-state index contributed by atoms with van der Waals surface area (Å²) < 4.78 is 16.8. The number of halogens is 2. The predicted molar refractivity (Wildman–Crippen MR) is 80.8 cm³/mol. The number of hydrogen-bond donors (Lipinski definition) is 1. The van der Waals surface area contributed by atoms with E-state index in [9.17, 15) is 9.50 Å². The van der Waals surface area contributed by atoms with E-state index < -0.39 is 0 Å².